The molecule has 0 saturated carbocycles. The van der Waals surface area contributed by atoms with E-state index in [1.165, 1.54) is 4.68 Å². The van der Waals surface area contributed by atoms with Crippen molar-refractivity contribution in [1.82, 2.24) is 19.6 Å². The summed E-state index contributed by atoms with van der Waals surface area (Å²) >= 11 is 7.70. The lowest BCUT2D eigenvalue weighted by molar-refractivity contribution is 0.366. The maximum Gasteiger partial charge on any atom is 0.293 e. The van der Waals surface area contributed by atoms with E-state index in [1.54, 1.807) is 22.2 Å². The maximum atomic E-state index is 13.3. The van der Waals surface area contributed by atoms with Crippen LogP contribution in [-0.4, -0.2) is 19.6 Å². The number of fused-ring (bicyclic) bond motifs is 1. The Morgan fingerprint density at radius 3 is 2.67 bits per heavy atom. The van der Waals surface area contributed by atoms with Crippen molar-refractivity contribution in [2.45, 2.75) is 32.9 Å². The molecule has 0 atom stereocenters. The highest BCUT2D eigenvalue weighted by Crippen LogP contribution is 2.30. The second-order valence-corrected chi connectivity index (χ2v) is 8.79. The first-order valence-electron chi connectivity index (χ1n) is 8.62. The standard InChI is InChI=1S/C20H19ClN4OS/c1-20(2,3)25-18-15(11-22-25)17(16-8-5-9-27-16)23-24(19(18)26)12-13-6-4-7-14(21)10-13/h4-11H,12H2,1-3H3. The van der Waals surface area contributed by atoms with Crippen LogP contribution in [0.2, 0.25) is 5.02 Å². The third-order valence-electron chi connectivity index (χ3n) is 4.29. The molecule has 0 aliphatic rings. The molecule has 27 heavy (non-hydrogen) atoms. The van der Waals surface area contributed by atoms with Gasteiger partial charge in [-0.15, -0.1) is 11.3 Å². The predicted octanol–water partition coefficient (Wildman–Crippen LogP) is 4.78. The van der Waals surface area contributed by atoms with Crippen molar-refractivity contribution >= 4 is 33.8 Å². The monoisotopic (exact) mass is 398 g/mol. The Labute approximate surface area is 165 Å². The van der Waals surface area contributed by atoms with E-state index in [9.17, 15) is 4.79 Å². The van der Waals surface area contributed by atoms with Crippen molar-refractivity contribution in [3.05, 3.63) is 68.9 Å². The molecule has 138 valence electrons. The minimum absolute atomic E-state index is 0.155. The van der Waals surface area contributed by atoms with Crippen LogP contribution in [0.4, 0.5) is 0 Å². The van der Waals surface area contributed by atoms with Gasteiger partial charge in [0.05, 0.1) is 28.5 Å². The fourth-order valence-electron chi connectivity index (χ4n) is 3.09. The SMILES string of the molecule is CC(C)(C)n1ncc2c(-c3cccs3)nn(Cc3cccc(Cl)c3)c(=O)c21. The molecule has 5 nitrogen and oxygen atoms in total. The summed E-state index contributed by atoms with van der Waals surface area (Å²) in [5, 5.41) is 12.6. The summed E-state index contributed by atoms with van der Waals surface area (Å²) < 4.78 is 3.30. The van der Waals surface area contributed by atoms with Crippen LogP contribution in [0.15, 0.2) is 52.8 Å². The van der Waals surface area contributed by atoms with Crippen LogP contribution in [0.5, 0.6) is 0 Å². The zero-order chi connectivity index (χ0) is 19.2. The van der Waals surface area contributed by atoms with Gasteiger partial charge in [0.15, 0.2) is 0 Å². The number of nitrogens with zero attached hydrogens (tertiary/aromatic N) is 4. The smallest absolute Gasteiger partial charge is 0.265 e. The summed E-state index contributed by atoms with van der Waals surface area (Å²) in [5.74, 6) is 0. The molecule has 0 aliphatic carbocycles. The van der Waals surface area contributed by atoms with Crippen LogP contribution in [0, 0.1) is 0 Å². The molecule has 0 radical (unpaired) electrons. The molecule has 0 aliphatic heterocycles. The van der Waals surface area contributed by atoms with E-state index in [4.69, 9.17) is 11.6 Å². The van der Waals surface area contributed by atoms with Gasteiger partial charge in [-0.25, -0.2) is 4.68 Å². The van der Waals surface area contributed by atoms with Gasteiger partial charge in [-0.1, -0.05) is 29.8 Å². The van der Waals surface area contributed by atoms with E-state index >= 15 is 0 Å². The van der Waals surface area contributed by atoms with E-state index in [1.807, 2.05) is 62.5 Å². The molecule has 3 heterocycles. The fraction of sp³-hybridized carbons (Fsp3) is 0.250. The molecule has 3 aromatic heterocycles. The average molecular weight is 399 g/mol. The summed E-state index contributed by atoms with van der Waals surface area (Å²) in [6, 6.07) is 11.5. The van der Waals surface area contributed by atoms with E-state index in [0.717, 1.165) is 21.5 Å². The minimum atomic E-state index is -0.317. The molecule has 4 rings (SSSR count). The lowest BCUT2D eigenvalue weighted by Crippen LogP contribution is -2.30. The van der Waals surface area contributed by atoms with Gasteiger partial charge >= 0.3 is 0 Å². The Bertz CT molecular complexity index is 1170. The largest absolute Gasteiger partial charge is 0.293 e. The topological polar surface area (TPSA) is 52.7 Å². The second-order valence-electron chi connectivity index (χ2n) is 7.41. The number of hydrogen-bond acceptors (Lipinski definition) is 4. The predicted molar refractivity (Wildman–Crippen MR) is 111 cm³/mol. The molecule has 0 amide bonds. The van der Waals surface area contributed by atoms with Crippen molar-refractivity contribution in [3.8, 4) is 10.6 Å². The number of halogens is 1. The Morgan fingerprint density at radius 1 is 1.19 bits per heavy atom. The van der Waals surface area contributed by atoms with Crippen molar-refractivity contribution in [2.24, 2.45) is 0 Å². The summed E-state index contributed by atoms with van der Waals surface area (Å²) in [7, 11) is 0. The maximum absolute atomic E-state index is 13.3. The van der Waals surface area contributed by atoms with Crippen molar-refractivity contribution in [2.75, 3.05) is 0 Å². The third-order valence-corrected chi connectivity index (χ3v) is 5.41. The summed E-state index contributed by atoms with van der Waals surface area (Å²) in [6.07, 6.45) is 1.74. The van der Waals surface area contributed by atoms with Gasteiger partial charge in [-0.3, -0.25) is 9.48 Å². The number of thiophene rings is 1. The molecule has 0 saturated heterocycles. The van der Waals surface area contributed by atoms with Crippen LogP contribution < -0.4 is 5.56 Å². The first-order valence-corrected chi connectivity index (χ1v) is 9.88. The molecule has 0 N–H and O–H groups in total. The van der Waals surface area contributed by atoms with Crippen LogP contribution in [0.25, 0.3) is 21.5 Å². The molecule has 0 bridgehead atoms. The molecule has 7 heteroatoms. The number of hydrogen-bond donors (Lipinski definition) is 0. The van der Waals surface area contributed by atoms with Crippen LogP contribution in [0.3, 0.4) is 0 Å². The molecule has 0 unspecified atom stereocenters. The first kappa shape index (κ1) is 17.9. The van der Waals surface area contributed by atoms with Crippen LogP contribution in [0.1, 0.15) is 26.3 Å². The summed E-state index contributed by atoms with van der Waals surface area (Å²) in [4.78, 5) is 14.3. The van der Waals surface area contributed by atoms with E-state index in [2.05, 4.69) is 10.2 Å². The van der Waals surface area contributed by atoms with Gasteiger partial charge in [0, 0.05) is 5.02 Å². The van der Waals surface area contributed by atoms with Crippen LogP contribution in [-0.2, 0) is 12.1 Å². The zero-order valence-corrected chi connectivity index (χ0v) is 16.9. The molecule has 4 aromatic rings. The van der Waals surface area contributed by atoms with E-state index in [-0.39, 0.29) is 11.1 Å². The molecule has 0 spiro atoms. The Hall–Kier alpha value is -2.44. The van der Waals surface area contributed by atoms with Gasteiger partial charge in [0.25, 0.3) is 5.56 Å². The van der Waals surface area contributed by atoms with Gasteiger partial charge in [-0.2, -0.15) is 10.2 Å². The van der Waals surface area contributed by atoms with Crippen molar-refractivity contribution in [1.29, 1.82) is 0 Å². The van der Waals surface area contributed by atoms with Crippen molar-refractivity contribution < 1.29 is 0 Å². The second kappa shape index (κ2) is 6.62. The summed E-state index contributed by atoms with van der Waals surface area (Å²) in [6.45, 7) is 6.45. The fourth-order valence-corrected chi connectivity index (χ4v) is 4.03. The highest BCUT2D eigenvalue weighted by molar-refractivity contribution is 7.13. The lowest BCUT2D eigenvalue weighted by atomic mass is 10.1. The van der Waals surface area contributed by atoms with E-state index in [0.29, 0.717) is 17.1 Å². The third kappa shape index (κ3) is 3.31. The van der Waals surface area contributed by atoms with E-state index < -0.39 is 0 Å². The quantitative estimate of drug-likeness (QED) is 0.499. The van der Waals surface area contributed by atoms with Crippen LogP contribution >= 0.6 is 22.9 Å². The van der Waals surface area contributed by atoms with Gasteiger partial charge in [-0.05, 0) is 49.9 Å². The normalized spacial score (nSPS) is 12.0. The number of benzene rings is 1. The Morgan fingerprint density at radius 2 is 2.00 bits per heavy atom. The highest BCUT2D eigenvalue weighted by Gasteiger charge is 2.23. The molecule has 0 fully saturated rings. The number of rotatable bonds is 3. The van der Waals surface area contributed by atoms with Crippen molar-refractivity contribution in [3.63, 3.8) is 0 Å². The number of aromatic nitrogens is 4. The molecular formula is C20H19ClN4OS. The molecule has 1 aromatic carbocycles. The van der Waals surface area contributed by atoms with Gasteiger partial charge < -0.3 is 0 Å². The zero-order valence-electron chi connectivity index (χ0n) is 15.3. The first-order chi connectivity index (χ1) is 12.8. The lowest BCUT2D eigenvalue weighted by Gasteiger charge is -2.20. The summed E-state index contributed by atoms with van der Waals surface area (Å²) in [5.41, 5.74) is 1.80. The van der Waals surface area contributed by atoms with Gasteiger partial charge in [0.2, 0.25) is 0 Å². The minimum Gasteiger partial charge on any atom is -0.265 e. The molecular weight excluding hydrogens is 380 g/mol. The van der Waals surface area contributed by atoms with Gasteiger partial charge in [0.1, 0.15) is 11.2 Å². The Balaban J connectivity index is 1.99. The average Bonchev–Trinajstić information content (AvgIpc) is 3.26. The Kier molecular flexibility index (Phi) is 4.40. The highest BCUT2D eigenvalue weighted by atomic mass is 35.5.